The Morgan fingerprint density at radius 2 is 1.57 bits per heavy atom. The molecule has 1 atom stereocenters. The molecular weight excluding hydrogens is 378 g/mol. The van der Waals surface area contributed by atoms with Crippen molar-refractivity contribution >= 4 is 40.7 Å². The predicted molar refractivity (Wildman–Crippen MR) is 106 cm³/mol. The molecule has 0 saturated heterocycles. The third-order valence-corrected chi connectivity index (χ3v) is 5.17. The smallest absolute Gasteiger partial charge is 0.272 e. The molecular formula is C21H16ClN3O3. The van der Waals surface area contributed by atoms with Crippen molar-refractivity contribution in [3.8, 4) is 0 Å². The zero-order chi connectivity index (χ0) is 20.0. The van der Waals surface area contributed by atoms with E-state index in [0.717, 1.165) is 10.5 Å². The van der Waals surface area contributed by atoms with Gasteiger partial charge < -0.3 is 0 Å². The summed E-state index contributed by atoms with van der Waals surface area (Å²) in [5, 5.41) is 5.22. The molecule has 2 aromatic carbocycles. The topological polar surface area (TPSA) is 70.1 Å². The minimum absolute atomic E-state index is 0.0378. The van der Waals surface area contributed by atoms with E-state index in [1.54, 1.807) is 36.4 Å². The van der Waals surface area contributed by atoms with E-state index in [1.165, 1.54) is 12.1 Å². The van der Waals surface area contributed by atoms with Crippen molar-refractivity contribution in [3.63, 3.8) is 0 Å². The summed E-state index contributed by atoms with van der Waals surface area (Å²) in [5.74, 6) is -2.66. The first-order chi connectivity index (χ1) is 13.4. The minimum Gasteiger partial charge on any atom is -0.272 e. The molecule has 3 amide bonds. The average molecular weight is 394 g/mol. The van der Waals surface area contributed by atoms with Crippen molar-refractivity contribution in [2.45, 2.75) is 6.92 Å². The van der Waals surface area contributed by atoms with E-state index >= 15 is 0 Å². The highest BCUT2D eigenvalue weighted by Gasteiger charge is 2.49. The summed E-state index contributed by atoms with van der Waals surface area (Å²) in [5.41, 5.74) is 2.45. The lowest BCUT2D eigenvalue weighted by Crippen LogP contribution is -2.35. The number of carbonyl (C=O) groups is 3. The summed E-state index contributed by atoms with van der Waals surface area (Å²) in [7, 11) is 1.51. The molecule has 2 aliphatic heterocycles. The molecule has 1 unspecified atom stereocenters. The summed E-state index contributed by atoms with van der Waals surface area (Å²) >= 11 is 6.29. The third-order valence-electron chi connectivity index (χ3n) is 4.81. The number of hydrogen-bond acceptors (Lipinski definition) is 4. The molecule has 6 nitrogen and oxygen atoms in total. The maximum Gasteiger partial charge on any atom is 0.277 e. The summed E-state index contributed by atoms with van der Waals surface area (Å²) in [6.45, 7) is 1.91. The van der Waals surface area contributed by atoms with Gasteiger partial charge >= 0.3 is 0 Å². The van der Waals surface area contributed by atoms with Crippen LogP contribution in [0, 0.1) is 12.8 Å². The number of aryl methyl sites for hydroxylation is 1. The molecule has 0 bridgehead atoms. The van der Waals surface area contributed by atoms with Gasteiger partial charge in [-0.2, -0.15) is 5.10 Å². The number of halogens is 1. The molecule has 7 heteroatoms. The lowest BCUT2D eigenvalue weighted by molar-refractivity contribution is -0.130. The fourth-order valence-corrected chi connectivity index (χ4v) is 3.64. The van der Waals surface area contributed by atoms with E-state index in [2.05, 4.69) is 5.10 Å². The number of hydrogen-bond donors (Lipinski definition) is 0. The highest BCUT2D eigenvalue weighted by atomic mass is 35.5. The van der Waals surface area contributed by atoms with Crippen molar-refractivity contribution in [3.05, 3.63) is 76.3 Å². The summed E-state index contributed by atoms with van der Waals surface area (Å²) < 4.78 is 0. The largest absolute Gasteiger partial charge is 0.277 e. The van der Waals surface area contributed by atoms with Gasteiger partial charge in [-0.25, -0.2) is 9.91 Å². The van der Waals surface area contributed by atoms with Gasteiger partial charge in [0.15, 0.2) is 0 Å². The normalized spacial score (nSPS) is 19.8. The molecule has 140 valence electrons. The Labute approximate surface area is 166 Å². The van der Waals surface area contributed by atoms with Crippen LogP contribution in [0.25, 0.3) is 0 Å². The van der Waals surface area contributed by atoms with E-state index in [1.807, 2.05) is 25.1 Å². The first kappa shape index (κ1) is 18.1. The highest BCUT2D eigenvalue weighted by molar-refractivity contribution is 6.54. The Morgan fingerprint density at radius 1 is 0.929 bits per heavy atom. The van der Waals surface area contributed by atoms with Crippen molar-refractivity contribution < 1.29 is 14.4 Å². The predicted octanol–water partition coefficient (Wildman–Crippen LogP) is 2.85. The number of rotatable bonds is 3. The van der Waals surface area contributed by atoms with Gasteiger partial charge in [-0.1, -0.05) is 59.6 Å². The molecule has 0 aromatic heterocycles. The van der Waals surface area contributed by atoms with Gasteiger partial charge in [0.1, 0.15) is 11.0 Å². The van der Waals surface area contributed by atoms with Crippen LogP contribution < -0.4 is 4.90 Å². The Morgan fingerprint density at radius 3 is 2.21 bits per heavy atom. The lowest BCUT2D eigenvalue weighted by atomic mass is 9.89. The molecule has 0 fully saturated rings. The summed E-state index contributed by atoms with van der Waals surface area (Å²) in [6.07, 6.45) is 0. The van der Waals surface area contributed by atoms with Gasteiger partial charge in [0.05, 0.1) is 17.0 Å². The standard InChI is InChI=1S/C21H16ClN3O3/c1-12-8-10-14(11-9-12)25-20(27)15(17(22)21(25)28)16-18(23-24(2)19(16)26)13-6-4-3-5-7-13/h3-11,16H,1-2H3. The molecule has 2 heterocycles. The zero-order valence-electron chi connectivity index (χ0n) is 15.2. The van der Waals surface area contributed by atoms with Crippen LogP contribution in [-0.4, -0.2) is 35.5 Å². The van der Waals surface area contributed by atoms with E-state index in [9.17, 15) is 14.4 Å². The Hall–Kier alpha value is -3.25. The molecule has 0 aliphatic carbocycles. The summed E-state index contributed by atoms with van der Waals surface area (Å²) in [6, 6.07) is 16.0. The minimum atomic E-state index is -1.02. The van der Waals surface area contributed by atoms with Crippen LogP contribution in [0.1, 0.15) is 11.1 Å². The SMILES string of the molecule is Cc1ccc(N2C(=O)C(Cl)=C(C3C(=O)N(C)N=C3c3ccccc3)C2=O)cc1. The number of imide groups is 1. The summed E-state index contributed by atoms with van der Waals surface area (Å²) in [4.78, 5) is 39.7. The monoisotopic (exact) mass is 393 g/mol. The van der Waals surface area contributed by atoms with Crippen molar-refractivity contribution in [2.24, 2.45) is 11.0 Å². The average Bonchev–Trinajstić information content (AvgIpc) is 3.10. The van der Waals surface area contributed by atoms with Gasteiger partial charge in [0.2, 0.25) is 0 Å². The number of carbonyl (C=O) groups excluding carboxylic acids is 3. The fraction of sp³-hybridized carbons (Fsp3) is 0.143. The van der Waals surface area contributed by atoms with Crippen LogP contribution >= 0.6 is 11.6 Å². The van der Waals surface area contributed by atoms with Gasteiger partial charge in [0, 0.05) is 7.05 Å². The van der Waals surface area contributed by atoms with Crippen LogP contribution in [0.3, 0.4) is 0 Å². The van der Waals surface area contributed by atoms with E-state index in [-0.39, 0.29) is 10.6 Å². The van der Waals surface area contributed by atoms with Gasteiger partial charge in [0.25, 0.3) is 17.7 Å². The fourth-order valence-electron chi connectivity index (χ4n) is 3.36. The van der Waals surface area contributed by atoms with Gasteiger partial charge in [-0.3, -0.25) is 14.4 Å². The Balaban J connectivity index is 1.78. The maximum absolute atomic E-state index is 13.2. The lowest BCUT2D eigenvalue weighted by Gasteiger charge is -2.17. The number of hydrazone groups is 1. The Bertz CT molecular complexity index is 1060. The van der Waals surface area contributed by atoms with Crippen molar-refractivity contribution in [1.82, 2.24) is 5.01 Å². The van der Waals surface area contributed by atoms with Crippen LogP contribution in [-0.2, 0) is 14.4 Å². The van der Waals surface area contributed by atoms with E-state index in [0.29, 0.717) is 17.0 Å². The van der Waals surface area contributed by atoms with Crippen LogP contribution in [0.4, 0.5) is 5.69 Å². The Kier molecular flexibility index (Phi) is 4.35. The first-order valence-corrected chi connectivity index (χ1v) is 9.04. The van der Waals surface area contributed by atoms with Crippen LogP contribution in [0.5, 0.6) is 0 Å². The molecule has 0 saturated carbocycles. The zero-order valence-corrected chi connectivity index (χ0v) is 16.0. The van der Waals surface area contributed by atoms with Gasteiger partial charge in [-0.05, 0) is 24.6 Å². The second-order valence-electron chi connectivity index (χ2n) is 6.66. The molecule has 0 spiro atoms. The molecule has 0 N–H and O–H groups in total. The van der Waals surface area contributed by atoms with Crippen molar-refractivity contribution in [1.29, 1.82) is 0 Å². The quantitative estimate of drug-likeness (QED) is 0.753. The van der Waals surface area contributed by atoms with E-state index in [4.69, 9.17) is 11.6 Å². The number of amides is 3. The van der Waals surface area contributed by atoms with E-state index < -0.39 is 23.6 Å². The molecule has 2 aliphatic rings. The van der Waals surface area contributed by atoms with Crippen LogP contribution in [0.15, 0.2) is 70.3 Å². The maximum atomic E-state index is 13.2. The molecule has 4 rings (SSSR count). The number of nitrogens with zero attached hydrogens (tertiary/aromatic N) is 3. The molecule has 2 aromatic rings. The number of benzene rings is 2. The first-order valence-electron chi connectivity index (χ1n) is 8.66. The second-order valence-corrected chi connectivity index (χ2v) is 7.03. The van der Waals surface area contributed by atoms with Crippen molar-refractivity contribution in [2.75, 3.05) is 11.9 Å². The van der Waals surface area contributed by atoms with Crippen LogP contribution in [0.2, 0.25) is 0 Å². The number of anilines is 1. The van der Waals surface area contributed by atoms with Gasteiger partial charge in [-0.15, -0.1) is 0 Å². The molecule has 0 radical (unpaired) electrons. The second kappa shape index (κ2) is 6.73. The highest BCUT2D eigenvalue weighted by Crippen LogP contribution is 2.37. The molecule has 28 heavy (non-hydrogen) atoms. The third kappa shape index (κ3) is 2.73.